The molecule has 0 amide bonds. The fourth-order valence-electron chi connectivity index (χ4n) is 1.77. The smallest absolute Gasteiger partial charge is 0.368 e. The van der Waals surface area contributed by atoms with E-state index in [1.54, 1.807) is 0 Å². The minimum absolute atomic E-state index is 0.0251. The van der Waals surface area contributed by atoms with Crippen molar-refractivity contribution in [2.45, 2.75) is 11.3 Å². The standard InChI is InChI=1S/C11H8F3N7O2S/c1-24(22,23)10-18-8(15)21-9(19-10)17-7(20-21)5-2-3-6(16-4-5)11(12,13)14/h2-4H,1H3,(H2,15,17,18,19,20). The molecule has 3 heterocycles. The Bertz CT molecular complexity index is 1030. The molecular formula is C11H8F3N7O2S. The number of sulfone groups is 1. The van der Waals surface area contributed by atoms with Gasteiger partial charge in [-0.25, -0.2) is 8.42 Å². The van der Waals surface area contributed by atoms with Gasteiger partial charge in [0.15, 0.2) is 5.82 Å². The van der Waals surface area contributed by atoms with Gasteiger partial charge in [-0.1, -0.05) is 0 Å². The van der Waals surface area contributed by atoms with Crippen LogP contribution < -0.4 is 5.73 Å². The number of nitrogens with two attached hydrogens (primary N) is 1. The summed E-state index contributed by atoms with van der Waals surface area (Å²) >= 11 is 0. The lowest BCUT2D eigenvalue weighted by atomic mass is 10.2. The van der Waals surface area contributed by atoms with Crippen LogP contribution in [0.2, 0.25) is 0 Å². The summed E-state index contributed by atoms with van der Waals surface area (Å²) in [6, 6.07) is 1.91. The molecule has 0 unspecified atom stereocenters. The highest BCUT2D eigenvalue weighted by atomic mass is 32.2. The molecule has 0 spiro atoms. The highest BCUT2D eigenvalue weighted by Crippen LogP contribution is 2.28. The molecule has 0 aliphatic heterocycles. The van der Waals surface area contributed by atoms with Crippen molar-refractivity contribution in [3.63, 3.8) is 0 Å². The highest BCUT2D eigenvalue weighted by Gasteiger charge is 2.32. The third-order valence-electron chi connectivity index (χ3n) is 2.86. The second kappa shape index (κ2) is 5.09. The molecule has 0 aliphatic rings. The first-order valence-electron chi connectivity index (χ1n) is 6.19. The normalized spacial score (nSPS) is 12.7. The summed E-state index contributed by atoms with van der Waals surface area (Å²) in [4.78, 5) is 14.6. The maximum absolute atomic E-state index is 12.5. The Hall–Kier alpha value is -2.83. The molecule has 0 saturated carbocycles. The number of nitrogens with zero attached hydrogens (tertiary/aromatic N) is 6. The van der Waals surface area contributed by atoms with Crippen molar-refractivity contribution < 1.29 is 21.6 Å². The van der Waals surface area contributed by atoms with E-state index in [1.807, 2.05) is 0 Å². The minimum Gasteiger partial charge on any atom is -0.368 e. The molecule has 0 fully saturated rings. The number of rotatable bonds is 2. The molecule has 0 atom stereocenters. The van der Waals surface area contributed by atoms with Crippen LogP contribution >= 0.6 is 0 Å². The summed E-state index contributed by atoms with van der Waals surface area (Å²) in [6.45, 7) is 0. The van der Waals surface area contributed by atoms with Crippen LogP contribution in [0.1, 0.15) is 5.69 Å². The number of pyridine rings is 1. The molecule has 3 aromatic heterocycles. The molecule has 0 aromatic carbocycles. The van der Waals surface area contributed by atoms with Crippen molar-refractivity contribution in [2.75, 3.05) is 12.0 Å². The van der Waals surface area contributed by atoms with Crippen LogP contribution in [0.4, 0.5) is 19.1 Å². The van der Waals surface area contributed by atoms with Crippen LogP contribution in [0.25, 0.3) is 17.2 Å². The summed E-state index contributed by atoms with van der Waals surface area (Å²) in [7, 11) is -3.71. The predicted octanol–water partition coefficient (Wildman–Crippen LogP) is 0.586. The Morgan fingerprint density at radius 3 is 2.42 bits per heavy atom. The van der Waals surface area contributed by atoms with Crippen molar-refractivity contribution in [1.82, 2.24) is 29.5 Å². The first kappa shape index (κ1) is 16.0. The van der Waals surface area contributed by atoms with E-state index in [-0.39, 0.29) is 23.1 Å². The SMILES string of the molecule is CS(=O)(=O)c1nc(N)n2nc(-c3ccc(C(F)(F)F)nc3)nc2n1. The van der Waals surface area contributed by atoms with Crippen molar-refractivity contribution in [2.24, 2.45) is 0 Å². The number of hydrogen-bond acceptors (Lipinski definition) is 8. The van der Waals surface area contributed by atoms with Gasteiger partial charge in [0.25, 0.3) is 10.9 Å². The number of halogens is 3. The largest absolute Gasteiger partial charge is 0.433 e. The molecule has 0 bridgehead atoms. The van der Waals surface area contributed by atoms with Gasteiger partial charge in [0, 0.05) is 18.0 Å². The number of fused-ring (bicyclic) bond motifs is 1. The van der Waals surface area contributed by atoms with E-state index in [0.717, 1.165) is 29.1 Å². The first-order chi connectivity index (χ1) is 11.1. The second-order valence-electron chi connectivity index (χ2n) is 4.71. The maximum Gasteiger partial charge on any atom is 0.433 e. The lowest BCUT2D eigenvalue weighted by Gasteiger charge is -2.04. The molecule has 24 heavy (non-hydrogen) atoms. The third kappa shape index (κ3) is 2.84. The molecule has 9 nitrogen and oxygen atoms in total. The fourth-order valence-corrected chi connectivity index (χ4v) is 2.27. The lowest BCUT2D eigenvalue weighted by Crippen LogP contribution is -2.11. The molecule has 126 valence electrons. The molecule has 0 saturated heterocycles. The Kier molecular flexibility index (Phi) is 3.40. The molecule has 0 aliphatic carbocycles. The van der Waals surface area contributed by atoms with Crippen LogP contribution in [0, 0.1) is 0 Å². The Morgan fingerprint density at radius 1 is 1.17 bits per heavy atom. The minimum atomic E-state index is -4.56. The van der Waals surface area contributed by atoms with Crippen molar-refractivity contribution in [3.05, 3.63) is 24.0 Å². The molecule has 3 rings (SSSR count). The van der Waals surface area contributed by atoms with Crippen molar-refractivity contribution in [3.8, 4) is 11.4 Å². The zero-order valence-electron chi connectivity index (χ0n) is 11.9. The molecule has 3 aromatic rings. The Morgan fingerprint density at radius 2 is 1.88 bits per heavy atom. The van der Waals surface area contributed by atoms with Crippen molar-refractivity contribution >= 4 is 21.6 Å². The summed E-state index contributed by atoms with van der Waals surface area (Å²) < 4.78 is 61.5. The van der Waals surface area contributed by atoms with Gasteiger partial charge in [-0.3, -0.25) is 4.98 Å². The topological polar surface area (TPSA) is 129 Å². The monoisotopic (exact) mass is 359 g/mol. The van der Waals surface area contributed by atoms with Gasteiger partial charge < -0.3 is 5.73 Å². The van der Waals surface area contributed by atoms with Gasteiger partial charge >= 0.3 is 6.18 Å². The molecular weight excluding hydrogens is 351 g/mol. The lowest BCUT2D eigenvalue weighted by molar-refractivity contribution is -0.141. The van der Waals surface area contributed by atoms with Crippen LogP contribution in [0.3, 0.4) is 0 Å². The fraction of sp³-hybridized carbons (Fsp3) is 0.182. The van der Waals surface area contributed by atoms with Crippen LogP contribution in [0.5, 0.6) is 0 Å². The number of nitrogen functional groups attached to an aromatic ring is 1. The average molecular weight is 359 g/mol. The van der Waals surface area contributed by atoms with Crippen molar-refractivity contribution in [1.29, 1.82) is 0 Å². The van der Waals surface area contributed by atoms with E-state index in [9.17, 15) is 21.6 Å². The van der Waals surface area contributed by atoms with Gasteiger partial charge in [-0.15, -0.1) is 5.10 Å². The number of anilines is 1. The molecule has 2 N–H and O–H groups in total. The highest BCUT2D eigenvalue weighted by molar-refractivity contribution is 7.90. The van der Waals surface area contributed by atoms with E-state index in [2.05, 4.69) is 25.0 Å². The molecule has 0 radical (unpaired) electrons. The predicted molar refractivity (Wildman–Crippen MR) is 74.3 cm³/mol. The van der Waals surface area contributed by atoms with Crippen LogP contribution in [-0.2, 0) is 16.0 Å². The van der Waals surface area contributed by atoms with Crippen LogP contribution in [0.15, 0.2) is 23.5 Å². The van der Waals surface area contributed by atoms with E-state index in [0.29, 0.717) is 0 Å². The van der Waals surface area contributed by atoms with E-state index >= 15 is 0 Å². The van der Waals surface area contributed by atoms with E-state index in [4.69, 9.17) is 5.73 Å². The van der Waals surface area contributed by atoms with Crippen LogP contribution in [-0.4, -0.2) is 44.2 Å². The van der Waals surface area contributed by atoms with E-state index in [1.165, 1.54) is 0 Å². The number of hydrogen-bond donors (Lipinski definition) is 1. The van der Waals surface area contributed by atoms with Gasteiger partial charge in [-0.05, 0) is 12.1 Å². The summed E-state index contributed by atoms with van der Waals surface area (Å²) in [5.41, 5.74) is 4.72. The summed E-state index contributed by atoms with van der Waals surface area (Å²) in [5, 5.41) is 3.41. The second-order valence-corrected chi connectivity index (χ2v) is 6.62. The zero-order valence-corrected chi connectivity index (χ0v) is 12.7. The number of aromatic nitrogens is 6. The maximum atomic E-state index is 12.5. The van der Waals surface area contributed by atoms with E-state index < -0.39 is 26.9 Å². The third-order valence-corrected chi connectivity index (χ3v) is 3.70. The Balaban J connectivity index is 2.10. The summed E-state index contributed by atoms with van der Waals surface area (Å²) in [6.07, 6.45) is -2.72. The average Bonchev–Trinajstić information content (AvgIpc) is 2.90. The molecule has 13 heteroatoms. The summed E-state index contributed by atoms with van der Waals surface area (Å²) in [5.74, 6) is -0.459. The van der Waals surface area contributed by atoms with Gasteiger partial charge in [0.2, 0.25) is 15.8 Å². The quantitative estimate of drug-likeness (QED) is 0.704. The first-order valence-corrected chi connectivity index (χ1v) is 8.09. The van der Waals surface area contributed by atoms with Gasteiger partial charge in [0.1, 0.15) is 5.69 Å². The van der Waals surface area contributed by atoms with Gasteiger partial charge in [-0.2, -0.15) is 32.6 Å². The zero-order chi connectivity index (χ0) is 17.7. The van der Waals surface area contributed by atoms with Gasteiger partial charge in [0.05, 0.1) is 0 Å². The Labute approximate surface area is 132 Å². The number of alkyl halides is 3.